The second-order valence-corrected chi connectivity index (χ2v) is 6.45. The summed E-state index contributed by atoms with van der Waals surface area (Å²) in [5, 5.41) is 2.92. The summed E-state index contributed by atoms with van der Waals surface area (Å²) in [6.45, 7) is 8.11. The van der Waals surface area contributed by atoms with Crippen LogP contribution in [0.2, 0.25) is 0 Å². The SMILES string of the molecule is CC(C)NC(=O)c1cccc(-c2nc3cccnc3n2C(C)C)c1. The lowest BCUT2D eigenvalue weighted by Gasteiger charge is -2.13. The molecule has 1 aromatic carbocycles. The Labute approximate surface area is 141 Å². The van der Waals surface area contributed by atoms with E-state index in [1.54, 1.807) is 6.20 Å². The molecule has 0 atom stereocenters. The van der Waals surface area contributed by atoms with Gasteiger partial charge in [-0.3, -0.25) is 4.79 Å². The highest BCUT2D eigenvalue weighted by molar-refractivity contribution is 5.95. The van der Waals surface area contributed by atoms with Crippen molar-refractivity contribution >= 4 is 17.1 Å². The molecule has 0 saturated carbocycles. The van der Waals surface area contributed by atoms with E-state index in [4.69, 9.17) is 4.98 Å². The highest BCUT2D eigenvalue weighted by Crippen LogP contribution is 2.27. The van der Waals surface area contributed by atoms with Crippen molar-refractivity contribution in [1.29, 1.82) is 0 Å². The van der Waals surface area contributed by atoms with Crippen LogP contribution in [0.1, 0.15) is 44.1 Å². The van der Waals surface area contributed by atoms with Gasteiger partial charge in [-0.15, -0.1) is 0 Å². The van der Waals surface area contributed by atoms with Gasteiger partial charge in [0.2, 0.25) is 0 Å². The molecule has 0 spiro atoms. The van der Waals surface area contributed by atoms with Crippen molar-refractivity contribution in [2.75, 3.05) is 0 Å². The van der Waals surface area contributed by atoms with Crippen LogP contribution in [-0.4, -0.2) is 26.5 Å². The molecule has 0 radical (unpaired) electrons. The monoisotopic (exact) mass is 322 g/mol. The van der Waals surface area contributed by atoms with Gasteiger partial charge in [-0.25, -0.2) is 9.97 Å². The molecule has 0 aliphatic carbocycles. The second kappa shape index (κ2) is 6.43. The molecule has 124 valence electrons. The molecule has 0 aliphatic rings. The summed E-state index contributed by atoms with van der Waals surface area (Å²) in [5.41, 5.74) is 3.27. The van der Waals surface area contributed by atoms with Crippen LogP contribution in [0, 0.1) is 0 Å². The molecule has 2 aromatic heterocycles. The molecule has 0 aliphatic heterocycles. The smallest absolute Gasteiger partial charge is 0.251 e. The molecule has 1 N–H and O–H groups in total. The van der Waals surface area contributed by atoms with E-state index in [2.05, 4.69) is 28.7 Å². The number of nitrogens with zero attached hydrogens (tertiary/aromatic N) is 3. The van der Waals surface area contributed by atoms with E-state index in [0.29, 0.717) is 5.56 Å². The minimum atomic E-state index is -0.0721. The van der Waals surface area contributed by atoms with E-state index in [9.17, 15) is 4.79 Å². The van der Waals surface area contributed by atoms with Crippen molar-refractivity contribution in [3.05, 3.63) is 48.2 Å². The molecular formula is C19H22N4O. The molecule has 5 heteroatoms. The molecule has 0 bridgehead atoms. The summed E-state index contributed by atoms with van der Waals surface area (Å²) in [6, 6.07) is 11.7. The maximum Gasteiger partial charge on any atom is 0.251 e. The van der Waals surface area contributed by atoms with Gasteiger partial charge in [0, 0.05) is 29.4 Å². The Balaban J connectivity index is 2.11. The minimum absolute atomic E-state index is 0.0721. The van der Waals surface area contributed by atoms with E-state index >= 15 is 0 Å². The zero-order valence-electron chi connectivity index (χ0n) is 14.4. The van der Waals surface area contributed by atoms with Gasteiger partial charge in [-0.05, 0) is 52.0 Å². The van der Waals surface area contributed by atoms with Crippen molar-refractivity contribution in [2.45, 2.75) is 39.8 Å². The summed E-state index contributed by atoms with van der Waals surface area (Å²) >= 11 is 0. The van der Waals surface area contributed by atoms with E-state index in [1.807, 2.05) is 50.2 Å². The van der Waals surface area contributed by atoms with Crippen molar-refractivity contribution in [1.82, 2.24) is 19.9 Å². The van der Waals surface area contributed by atoms with Gasteiger partial charge in [-0.2, -0.15) is 0 Å². The number of aromatic nitrogens is 3. The average Bonchev–Trinajstić information content (AvgIpc) is 2.94. The van der Waals surface area contributed by atoms with Gasteiger partial charge in [0.15, 0.2) is 5.65 Å². The number of amides is 1. The number of hydrogen-bond donors (Lipinski definition) is 1. The number of carbonyl (C=O) groups excluding carboxylic acids is 1. The molecule has 2 heterocycles. The zero-order chi connectivity index (χ0) is 17.3. The van der Waals surface area contributed by atoms with Crippen LogP contribution >= 0.6 is 0 Å². The Morgan fingerprint density at radius 3 is 2.62 bits per heavy atom. The maximum absolute atomic E-state index is 12.3. The first-order chi connectivity index (χ1) is 11.5. The Morgan fingerprint density at radius 1 is 1.12 bits per heavy atom. The van der Waals surface area contributed by atoms with E-state index in [-0.39, 0.29) is 18.0 Å². The zero-order valence-corrected chi connectivity index (χ0v) is 14.4. The van der Waals surface area contributed by atoms with Crippen LogP contribution in [-0.2, 0) is 0 Å². The highest BCUT2D eigenvalue weighted by Gasteiger charge is 2.17. The quantitative estimate of drug-likeness (QED) is 0.794. The molecular weight excluding hydrogens is 300 g/mol. The molecule has 1 amide bonds. The number of rotatable bonds is 4. The fourth-order valence-corrected chi connectivity index (χ4v) is 2.77. The molecule has 0 unspecified atom stereocenters. The van der Waals surface area contributed by atoms with Crippen LogP contribution in [0.15, 0.2) is 42.6 Å². The van der Waals surface area contributed by atoms with Crippen molar-refractivity contribution in [3.63, 3.8) is 0 Å². The summed E-state index contributed by atoms with van der Waals surface area (Å²) in [4.78, 5) is 21.5. The molecule has 0 saturated heterocycles. The third-order valence-electron chi connectivity index (χ3n) is 3.77. The Kier molecular flexibility index (Phi) is 4.34. The van der Waals surface area contributed by atoms with E-state index < -0.39 is 0 Å². The first-order valence-corrected chi connectivity index (χ1v) is 8.21. The lowest BCUT2D eigenvalue weighted by Crippen LogP contribution is -2.30. The van der Waals surface area contributed by atoms with Gasteiger partial charge in [0.25, 0.3) is 5.91 Å². The number of fused-ring (bicyclic) bond motifs is 1. The van der Waals surface area contributed by atoms with E-state index in [1.165, 1.54) is 0 Å². The number of pyridine rings is 1. The maximum atomic E-state index is 12.3. The average molecular weight is 322 g/mol. The predicted molar refractivity (Wildman–Crippen MR) is 96.0 cm³/mol. The normalized spacial score (nSPS) is 11.4. The van der Waals surface area contributed by atoms with E-state index in [0.717, 1.165) is 22.6 Å². The Bertz CT molecular complexity index is 880. The number of carbonyl (C=O) groups is 1. The number of benzene rings is 1. The largest absolute Gasteiger partial charge is 0.350 e. The molecule has 3 aromatic rings. The van der Waals surface area contributed by atoms with Gasteiger partial charge < -0.3 is 9.88 Å². The topological polar surface area (TPSA) is 59.8 Å². The van der Waals surface area contributed by atoms with Crippen LogP contribution in [0.5, 0.6) is 0 Å². The van der Waals surface area contributed by atoms with Crippen LogP contribution in [0.25, 0.3) is 22.6 Å². The third-order valence-corrected chi connectivity index (χ3v) is 3.77. The summed E-state index contributed by atoms with van der Waals surface area (Å²) < 4.78 is 2.11. The fourth-order valence-electron chi connectivity index (χ4n) is 2.77. The second-order valence-electron chi connectivity index (χ2n) is 6.45. The van der Waals surface area contributed by atoms with Crippen LogP contribution < -0.4 is 5.32 Å². The molecule has 3 rings (SSSR count). The third kappa shape index (κ3) is 3.02. The predicted octanol–water partition coefficient (Wildman–Crippen LogP) is 3.82. The number of hydrogen-bond acceptors (Lipinski definition) is 3. The van der Waals surface area contributed by atoms with Gasteiger partial charge >= 0.3 is 0 Å². The molecule has 24 heavy (non-hydrogen) atoms. The molecule has 0 fully saturated rings. The molecule has 5 nitrogen and oxygen atoms in total. The number of nitrogens with one attached hydrogen (secondary N) is 1. The Morgan fingerprint density at radius 2 is 1.92 bits per heavy atom. The summed E-state index contributed by atoms with van der Waals surface area (Å²) in [7, 11) is 0. The lowest BCUT2D eigenvalue weighted by atomic mass is 10.1. The Hall–Kier alpha value is -2.69. The summed E-state index contributed by atoms with van der Waals surface area (Å²) in [6.07, 6.45) is 1.78. The van der Waals surface area contributed by atoms with Crippen molar-refractivity contribution in [3.8, 4) is 11.4 Å². The standard InChI is InChI=1S/C19H22N4O/c1-12(2)21-19(24)15-8-5-7-14(11-15)17-22-16-9-6-10-20-18(16)23(17)13(3)4/h5-13H,1-4H3,(H,21,24). The highest BCUT2D eigenvalue weighted by atomic mass is 16.1. The summed E-state index contributed by atoms with van der Waals surface area (Å²) in [5.74, 6) is 0.759. The first-order valence-electron chi connectivity index (χ1n) is 8.21. The first kappa shape index (κ1) is 16.2. The van der Waals surface area contributed by atoms with Gasteiger partial charge in [0.05, 0.1) is 0 Å². The lowest BCUT2D eigenvalue weighted by molar-refractivity contribution is 0.0943. The van der Waals surface area contributed by atoms with Crippen LogP contribution in [0.4, 0.5) is 0 Å². The fraction of sp³-hybridized carbons (Fsp3) is 0.316. The van der Waals surface area contributed by atoms with Crippen molar-refractivity contribution < 1.29 is 4.79 Å². The van der Waals surface area contributed by atoms with Gasteiger partial charge in [-0.1, -0.05) is 12.1 Å². The minimum Gasteiger partial charge on any atom is -0.350 e. The van der Waals surface area contributed by atoms with Gasteiger partial charge in [0.1, 0.15) is 11.3 Å². The van der Waals surface area contributed by atoms with Crippen LogP contribution in [0.3, 0.4) is 0 Å². The van der Waals surface area contributed by atoms with Crippen molar-refractivity contribution in [2.24, 2.45) is 0 Å². The number of imidazole rings is 1.